The summed E-state index contributed by atoms with van der Waals surface area (Å²) in [6, 6.07) is 0. The van der Waals surface area contributed by atoms with Gasteiger partial charge in [-0.15, -0.1) is 44.3 Å². The van der Waals surface area contributed by atoms with Gasteiger partial charge in [-0.3, -0.25) is 0 Å². The first-order chi connectivity index (χ1) is 6.93. The standard InChI is InChI=1S/4ClO2Si.Pb/c4*1-4(2)3;/q4*-1;. The zero-order valence-electron chi connectivity index (χ0n) is 7.28. The first-order valence-electron chi connectivity index (χ1n) is 2.39. The Labute approximate surface area is 140 Å². The van der Waals surface area contributed by atoms with Crippen molar-refractivity contribution >= 4 is 105 Å². The van der Waals surface area contributed by atoms with E-state index in [1.54, 1.807) is 0 Å². The quantitative estimate of drug-likeness (QED) is 0.202. The molecule has 0 aromatic heterocycles. The molecule has 0 aliphatic heterocycles. The zero-order valence-corrected chi connectivity index (χ0v) is 18.2. The fourth-order valence-electron chi connectivity index (χ4n) is 0. The second kappa shape index (κ2) is 26.0. The van der Waals surface area contributed by atoms with Crippen molar-refractivity contribution in [2.24, 2.45) is 0 Å². The van der Waals surface area contributed by atoms with Crippen molar-refractivity contribution in [2.45, 2.75) is 0 Å². The molecule has 0 fully saturated rings. The van der Waals surface area contributed by atoms with Crippen LogP contribution in [0.4, 0.5) is 0 Å². The van der Waals surface area contributed by atoms with Gasteiger partial charge in [-0.25, -0.2) is 0 Å². The topological polar surface area (TPSA) is 161 Å². The molecular weight excluding hydrogens is 589 g/mol. The molecule has 17 heavy (non-hydrogen) atoms. The molecule has 0 atom stereocenters. The van der Waals surface area contributed by atoms with Crippen LogP contribution in [0.5, 0.6) is 0 Å². The van der Waals surface area contributed by atoms with Crippen LogP contribution in [0.2, 0.25) is 0 Å². The Morgan fingerprint density at radius 1 is 0.529 bits per heavy atom. The van der Waals surface area contributed by atoms with Gasteiger partial charge in [-0.2, -0.15) is 0 Å². The van der Waals surface area contributed by atoms with Crippen LogP contribution in [-0.4, -0.2) is 60.2 Å². The Bertz CT molecular complexity index is 170. The van der Waals surface area contributed by atoms with Crippen molar-refractivity contribution in [3.05, 3.63) is 0 Å². The van der Waals surface area contributed by atoms with E-state index < -0.39 is 32.9 Å². The summed E-state index contributed by atoms with van der Waals surface area (Å²) >= 11 is 17.1. The maximum Gasteiger partial charge on any atom is 0.257 e. The smallest absolute Gasteiger partial charge is 0.257 e. The van der Waals surface area contributed by atoms with E-state index in [9.17, 15) is 0 Å². The van der Waals surface area contributed by atoms with Crippen molar-refractivity contribution in [3.63, 3.8) is 0 Å². The van der Waals surface area contributed by atoms with E-state index in [2.05, 4.69) is 44.3 Å². The minimum Gasteiger partial charge on any atom is -0.572 e. The summed E-state index contributed by atoms with van der Waals surface area (Å²) in [5.74, 6) is 0. The molecule has 100 valence electrons. The van der Waals surface area contributed by atoms with Gasteiger partial charge in [0.05, 0.1) is 0 Å². The molecule has 0 aliphatic rings. The average Bonchev–Trinajstić information content (AvgIpc) is 1.76. The van der Waals surface area contributed by atoms with E-state index in [4.69, 9.17) is 37.0 Å². The third kappa shape index (κ3) is 2240. The fourth-order valence-corrected chi connectivity index (χ4v) is 0. The molecule has 0 amide bonds. The molecule has 4 radical (unpaired) electrons. The van der Waals surface area contributed by atoms with E-state index in [0.717, 1.165) is 0 Å². The van der Waals surface area contributed by atoms with Gasteiger partial charge in [0.25, 0.3) is 32.9 Å². The molecule has 8 nitrogen and oxygen atoms in total. The second-order valence-corrected chi connectivity index (χ2v) is 6.55. The molecule has 0 aliphatic carbocycles. The number of hydrogen-bond acceptors (Lipinski definition) is 8. The molecule has 0 N–H and O–H groups in total. The van der Waals surface area contributed by atoms with Crippen LogP contribution in [0.3, 0.4) is 0 Å². The average molecular weight is 589 g/mol. The molecule has 0 heterocycles. The van der Waals surface area contributed by atoms with Gasteiger partial charge in [0, 0.05) is 27.3 Å². The van der Waals surface area contributed by atoms with E-state index in [1.807, 2.05) is 0 Å². The Kier molecular flexibility index (Phi) is 47.4. The second-order valence-electron chi connectivity index (χ2n) is 0.951. The van der Waals surface area contributed by atoms with Crippen molar-refractivity contribution < 1.29 is 37.0 Å². The van der Waals surface area contributed by atoms with Gasteiger partial charge >= 0.3 is 0 Å². The third-order valence-corrected chi connectivity index (χ3v) is 0. The molecule has 0 unspecified atom stereocenters. The molecule has 0 spiro atoms. The summed E-state index contributed by atoms with van der Waals surface area (Å²) in [5, 5.41) is 0. The van der Waals surface area contributed by atoms with Crippen LogP contribution in [0.1, 0.15) is 0 Å². The van der Waals surface area contributed by atoms with E-state index >= 15 is 0 Å². The van der Waals surface area contributed by atoms with Crippen molar-refractivity contribution in [1.29, 1.82) is 0 Å². The van der Waals surface area contributed by atoms with Crippen LogP contribution in [0, 0.1) is 0 Å². The van der Waals surface area contributed by atoms with Crippen LogP contribution >= 0.6 is 44.3 Å². The first kappa shape index (κ1) is 31.0. The minimum atomic E-state index is -2.91. The third-order valence-electron chi connectivity index (χ3n) is 0. The Morgan fingerprint density at radius 3 is 0.529 bits per heavy atom. The van der Waals surface area contributed by atoms with Crippen LogP contribution < -0.4 is 19.2 Å². The van der Waals surface area contributed by atoms with Crippen molar-refractivity contribution in [3.8, 4) is 0 Å². The summed E-state index contributed by atoms with van der Waals surface area (Å²) in [5.41, 5.74) is 0. The number of rotatable bonds is 0. The normalized spacial score (nSPS) is 5.88. The molecule has 0 bridgehead atoms. The minimum absolute atomic E-state index is 0. The van der Waals surface area contributed by atoms with Crippen molar-refractivity contribution in [1.82, 2.24) is 0 Å². The van der Waals surface area contributed by atoms with Crippen molar-refractivity contribution in [2.75, 3.05) is 0 Å². The van der Waals surface area contributed by atoms with Gasteiger partial charge in [0.1, 0.15) is 0 Å². The predicted molar refractivity (Wildman–Crippen MR) is 54.9 cm³/mol. The fraction of sp³-hybridized carbons (Fsp3) is 0. The Morgan fingerprint density at radius 2 is 0.529 bits per heavy atom. The number of hydrogen-bond donors (Lipinski definition) is 0. The molecule has 0 aromatic carbocycles. The van der Waals surface area contributed by atoms with Gasteiger partial charge in [-0.1, -0.05) is 0 Å². The molecule has 0 aromatic rings. The van der Waals surface area contributed by atoms with E-state index in [-0.39, 0.29) is 27.3 Å². The van der Waals surface area contributed by atoms with Gasteiger partial charge in [0.2, 0.25) is 0 Å². The van der Waals surface area contributed by atoms with Gasteiger partial charge < -0.3 is 37.0 Å². The molecule has 0 saturated carbocycles. The Balaban J connectivity index is -0.0000000369. The Hall–Kier alpha value is 1.35. The molecule has 0 rings (SSSR count). The SMILES string of the molecule is O=[Si]([O-])Cl.O=[Si]([O-])Cl.O=[Si]([O-])Cl.O=[Si]([O-])Cl.[Pb]. The summed E-state index contributed by atoms with van der Waals surface area (Å²) in [6.07, 6.45) is 0. The van der Waals surface area contributed by atoms with E-state index in [1.165, 1.54) is 0 Å². The molecular formula is Cl4O8PbSi4-4. The van der Waals surface area contributed by atoms with Crippen LogP contribution in [0.15, 0.2) is 0 Å². The summed E-state index contributed by atoms with van der Waals surface area (Å²) in [6.45, 7) is 0. The van der Waals surface area contributed by atoms with Crippen LogP contribution in [-0.2, 0) is 17.8 Å². The van der Waals surface area contributed by atoms with Gasteiger partial charge in [-0.05, 0) is 0 Å². The first-order valence-corrected chi connectivity index (χ1v) is 11.7. The predicted octanol–water partition coefficient (Wildman–Crippen LogP) is -4.38. The molecule has 0 saturated heterocycles. The number of halogens is 4. The largest absolute Gasteiger partial charge is 0.572 e. The summed E-state index contributed by atoms with van der Waals surface area (Å²) in [7, 11) is -11.6. The monoisotopic (exact) mass is 588 g/mol. The maximum atomic E-state index is 8.84. The zero-order chi connectivity index (χ0) is 14.3. The maximum absolute atomic E-state index is 8.84. The van der Waals surface area contributed by atoms with E-state index in [0.29, 0.717) is 0 Å². The summed E-state index contributed by atoms with van der Waals surface area (Å²) < 4.78 is 35.4. The molecule has 17 heteroatoms. The van der Waals surface area contributed by atoms with Gasteiger partial charge in [0.15, 0.2) is 0 Å². The van der Waals surface area contributed by atoms with Crippen LogP contribution in [0.25, 0.3) is 0 Å². The summed E-state index contributed by atoms with van der Waals surface area (Å²) in [4.78, 5) is 35.4.